The topological polar surface area (TPSA) is 61.8 Å². The summed E-state index contributed by atoms with van der Waals surface area (Å²) in [6.07, 6.45) is 4.24. The van der Waals surface area contributed by atoms with Crippen LogP contribution in [0.5, 0.6) is 0 Å². The van der Waals surface area contributed by atoms with Gasteiger partial charge in [0.05, 0.1) is 13.2 Å². The molecular weight excluding hydrogens is 318 g/mol. The number of amides is 2. The highest BCUT2D eigenvalue weighted by molar-refractivity contribution is 5.75. The van der Waals surface area contributed by atoms with E-state index in [4.69, 9.17) is 4.74 Å². The highest BCUT2D eigenvalue weighted by Gasteiger charge is 2.43. The zero-order valence-corrected chi connectivity index (χ0v) is 14.5. The van der Waals surface area contributed by atoms with Gasteiger partial charge in [-0.3, -0.25) is 0 Å². The number of urea groups is 1. The summed E-state index contributed by atoms with van der Waals surface area (Å²) in [5.74, 6) is 2.84. The molecule has 4 aliphatic rings. The maximum Gasteiger partial charge on any atom is 0.320 e. The maximum absolute atomic E-state index is 12.7. The first-order valence-corrected chi connectivity index (χ1v) is 9.46. The Kier molecular flexibility index (Phi) is 3.77. The Labute approximate surface area is 148 Å². The lowest BCUT2D eigenvalue weighted by molar-refractivity contribution is 0.0447. The van der Waals surface area contributed by atoms with Crippen LogP contribution in [0, 0.1) is 11.8 Å². The van der Waals surface area contributed by atoms with Crippen LogP contribution in [-0.4, -0.2) is 78.3 Å². The number of carbonyl (C=O) groups excluding carboxylic acids is 1. The van der Waals surface area contributed by atoms with E-state index in [1.54, 1.807) is 6.33 Å². The summed E-state index contributed by atoms with van der Waals surface area (Å²) >= 11 is 0. The lowest BCUT2D eigenvalue weighted by Crippen LogP contribution is -2.48. The minimum absolute atomic E-state index is 0.197. The average Bonchev–Trinajstić information content (AvgIpc) is 3.32. The molecule has 2 unspecified atom stereocenters. The smallest absolute Gasteiger partial charge is 0.320 e. The van der Waals surface area contributed by atoms with E-state index in [0.29, 0.717) is 31.0 Å². The summed E-state index contributed by atoms with van der Waals surface area (Å²) in [6.45, 7) is 6.52. The largest absolute Gasteiger partial charge is 0.378 e. The van der Waals surface area contributed by atoms with Crippen LogP contribution in [0.15, 0.2) is 12.4 Å². The average molecular weight is 343 g/mol. The van der Waals surface area contributed by atoms with Gasteiger partial charge in [0.2, 0.25) is 0 Å². The normalized spacial score (nSPS) is 29.2. The number of anilines is 1. The predicted molar refractivity (Wildman–Crippen MR) is 92.6 cm³/mol. The van der Waals surface area contributed by atoms with Gasteiger partial charge in [-0.05, 0) is 12.8 Å². The number of morpholine rings is 1. The molecule has 1 aliphatic carbocycles. The molecule has 7 nitrogen and oxygen atoms in total. The number of rotatable bonds is 2. The molecule has 1 aromatic heterocycles. The van der Waals surface area contributed by atoms with Gasteiger partial charge in [-0.1, -0.05) is 0 Å². The Morgan fingerprint density at radius 2 is 1.72 bits per heavy atom. The van der Waals surface area contributed by atoms with Crippen molar-refractivity contribution < 1.29 is 9.53 Å². The van der Waals surface area contributed by atoms with E-state index in [9.17, 15) is 4.79 Å². The van der Waals surface area contributed by atoms with Gasteiger partial charge in [0, 0.05) is 68.8 Å². The molecule has 7 heteroatoms. The van der Waals surface area contributed by atoms with Crippen LogP contribution in [0.1, 0.15) is 24.5 Å². The minimum Gasteiger partial charge on any atom is -0.378 e. The molecule has 25 heavy (non-hydrogen) atoms. The number of carbonyl (C=O) groups is 1. The molecule has 4 heterocycles. The quantitative estimate of drug-likeness (QED) is 0.807. The van der Waals surface area contributed by atoms with Gasteiger partial charge in [-0.25, -0.2) is 14.8 Å². The Bertz CT molecular complexity index is 645. The highest BCUT2D eigenvalue weighted by Crippen LogP contribution is 2.40. The number of fused-ring (bicyclic) bond motifs is 1. The van der Waals surface area contributed by atoms with Crippen molar-refractivity contribution in [3.8, 4) is 0 Å². The lowest BCUT2D eigenvalue weighted by Gasteiger charge is -2.31. The maximum atomic E-state index is 12.7. The molecule has 1 saturated carbocycles. The molecule has 2 atom stereocenters. The SMILES string of the molecule is O=C(N1CCOCC1)N1CC2CN(c3cc(C4CC4)ncn3)CC2C1. The third kappa shape index (κ3) is 2.94. The molecule has 134 valence electrons. The third-order valence-corrected chi connectivity index (χ3v) is 6.03. The zero-order chi connectivity index (χ0) is 16.8. The van der Waals surface area contributed by atoms with E-state index in [1.807, 2.05) is 9.80 Å². The van der Waals surface area contributed by atoms with Gasteiger partial charge in [0.25, 0.3) is 0 Å². The van der Waals surface area contributed by atoms with Gasteiger partial charge >= 0.3 is 6.03 Å². The highest BCUT2D eigenvalue weighted by atomic mass is 16.5. The lowest BCUT2D eigenvalue weighted by atomic mass is 10.0. The molecule has 5 rings (SSSR count). The Morgan fingerprint density at radius 1 is 1.00 bits per heavy atom. The second kappa shape index (κ2) is 6.12. The van der Waals surface area contributed by atoms with Gasteiger partial charge in [0.1, 0.15) is 12.1 Å². The fourth-order valence-corrected chi connectivity index (χ4v) is 4.43. The molecular formula is C18H25N5O2. The van der Waals surface area contributed by atoms with Crippen molar-refractivity contribution in [1.82, 2.24) is 19.8 Å². The van der Waals surface area contributed by atoms with Gasteiger partial charge in [-0.15, -0.1) is 0 Å². The monoisotopic (exact) mass is 343 g/mol. The van der Waals surface area contributed by atoms with Gasteiger partial charge < -0.3 is 19.4 Å². The molecule has 0 spiro atoms. The van der Waals surface area contributed by atoms with Crippen molar-refractivity contribution in [3.05, 3.63) is 18.1 Å². The van der Waals surface area contributed by atoms with E-state index in [0.717, 1.165) is 45.1 Å². The summed E-state index contributed by atoms with van der Waals surface area (Å²) in [4.78, 5) is 28.0. The molecule has 0 radical (unpaired) electrons. The number of nitrogens with zero attached hydrogens (tertiary/aromatic N) is 5. The molecule has 0 aromatic carbocycles. The molecule has 2 amide bonds. The van der Waals surface area contributed by atoms with E-state index in [-0.39, 0.29) is 6.03 Å². The Hall–Kier alpha value is -1.89. The fourth-order valence-electron chi connectivity index (χ4n) is 4.43. The van der Waals surface area contributed by atoms with Crippen molar-refractivity contribution in [2.24, 2.45) is 11.8 Å². The van der Waals surface area contributed by atoms with E-state index >= 15 is 0 Å². The third-order valence-electron chi connectivity index (χ3n) is 6.03. The molecule has 0 N–H and O–H groups in total. The van der Waals surface area contributed by atoms with Crippen molar-refractivity contribution in [1.29, 1.82) is 0 Å². The summed E-state index contributed by atoms with van der Waals surface area (Å²) in [5, 5.41) is 0. The van der Waals surface area contributed by atoms with E-state index in [1.165, 1.54) is 18.5 Å². The van der Waals surface area contributed by atoms with Crippen molar-refractivity contribution >= 4 is 11.8 Å². The number of ether oxygens (including phenoxy) is 1. The second-order valence-corrected chi connectivity index (χ2v) is 7.79. The van der Waals surface area contributed by atoms with Crippen LogP contribution in [0.4, 0.5) is 10.6 Å². The van der Waals surface area contributed by atoms with Crippen LogP contribution in [0.25, 0.3) is 0 Å². The summed E-state index contributed by atoms with van der Waals surface area (Å²) in [6, 6.07) is 2.37. The first kappa shape index (κ1) is 15.4. The van der Waals surface area contributed by atoms with Crippen LogP contribution >= 0.6 is 0 Å². The number of hydrogen-bond donors (Lipinski definition) is 0. The van der Waals surface area contributed by atoms with E-state index < -0.39 is 0 Å². The fraction of sp³-hybridized carbons (Fsp3) is 0.722. The van der Waals surface area contributed by atoms with E-state index in [2.05, 4.69) is 20.9 Å². The second-order valence-electron chi connectivity index (χ2n) is 7.79. The predicted octanol–water partition coefficient (Wildman–Crippen LogP) is 1.17. The standard InChI is InChI=1S/C18H25N5O2/c24-18(21-3-5-25-6-4-21)23-10-14-8-22(9-15(14)11-23)17-7-16(13-1-2-13)19-12-20-17/h7,12-15H,1-6,8-11H2. The van der Waals surface area contributed by atoms with Crippen LogP contribution in [-0.2, 0) is 4.74 Å². The summed E-state index contributed by atoms with van der Waals surface area (Å²) in [5.41, 5.74) is 1.20. The minimum atomic E-state index is 0.197. The van der Waals surface area contributed by atoms with Crippen LogP contribution in [0.2, 0.25) is 0 Å². The van der Waals surface area contributed by atoms with Crippen molar-refractivity contribution in [3.63, 3.8) is 0 Å². The summed E-state index contributed by atoms with van der Waals surface area (Å²) in [7, 11) is 0. The van der Waals surface area contributed by atoms with Crippen LogP contribution < -0.4 is 4.90 Å². The van der Waals surface area contributed by atoms with Crippen molar-refractivity contribution in [2.75, 3.05) is 57.4 Å². The molecule has 3 aliphatic heterocycles. The number of likely N-dealkylation sites (tertiary alicyclic amines) is 1. The van der Waals surface area contributed by atoms with Crippen LogP contribution in [0.3, 0.4) is 0 Å². The zero-order valence-electron chi connectivity index (χ0n) is 14.5. The number of hydrogen-bond acceptors (Lipinski definition) is 5. The number of aromatic nitrogens is 2. The molecule has 3 saturated heterocycles. The first-order valence-electron chi connectivity index (χ1n) is 9.46. The first-order chi connectivity index (χ1) is 12.3. The van der Waals surface area contributed by atoms with Crippen molar-refractivity contribution in [2.45, 2.75) is 18.8 Å². The summed E-state index contributed by atoms with van der Waals surface area (Å²) < 4.78 is 5.35. The van der Waals surface area contributed by atoms with Gasteiger partial charge in [-0.2, -0.15) is 0 Å². The molecule has 1 aromatic rings. The molecule has 0 bridgehead atoms. The molecule has 4 fully saturated rings. The Balaban J connectivity index is 1.21. The van der Waals surface area contributed by atoms with Gasteiger partial charge in [0.15, 0.2) is 0 Å². The Morgan fingerprint density at radius 3 is 2.40 bits per heavy atom.